The minimum atomic E-state index is -0.518. The third-order valence-electron chi connectivity index (χ3n) is 2.34. The van der Waals surface area contributed by atoms with Crippen molar-refractivity contribution in [3.63, 3.8) is 0 Å². The van der Waals surface area contributed by atoms with Gasteiger partial charge in [0.15, 0.2) is 5.78 Å². The van der Waals surface area contributed by atoms with Crippen LogP contribution in [0.2, 0.25) is 0 Å². The normalized spacial score (nSPS) is 10.4. The predicted molar refractivity (Wildman–Crippen MR) is 67.8 cm³/mol. The maximum Gasteiger partial charge on any atom is 0.330 e. The summed E-state index contributed by atoms with van der Waals surface area (Å²) in [4.78, 5) is 22.8. The fraction of sp³-hybridized carbons (Fsp3) is 0.286. The van der Waals surface area contributed by atoms with E-state index in [2.05, 4.69) is 0 Å². The van der Waals surface area contributed by atoms with Crippen LogP contribution in [0.5, 0.6) is 5.75 Å². The van der Waals surface area contributed by atoms with Gasteiger partial charge in [-0.1, -0.05) is 0 Å². The summed E-state index contributed by atoms with van der Waals surface area (Å²) in [5.41, 5.74) is 1.38. The van der Waals surface area contributed by atoms with Gasteiger partial charge in [0.25, 0.3) is 0 Å². The summed E-state index contributed by atoms with van der Waals surface area (Å²) in [7, 11) is 1.57. The third kappa shape index (κ3) is 3.73. The van der Waals surface area contributed by atoms with Gasteiger partial charge < -0.3 is 9.47 Å². The van der Waals surface area contributed by atoms with Crippen molar-refractivity contribution in [3.8, 4) is 5.75 Å². The average Bonchev–Trinajstić information content (AvgIpc) is 2.36. The second-order valence-corrected chi connectivity index (χ2v) is 3.63. The second-order valence-electron chi connectivity index (χ2n) is 3.63. The summed E-state index contributed by atoms with van der Waals surface area (Å²) >= 11 is 0. The van der Waals surface area contributed by atoms with Gasteiger partial charge in [-0.25, -0.2) is 4.79 Å². The standard InChI is InChI=1S/C14H16O4/c1-4-18-14(16)8-6-12(15)11-5-7-13(17-3)10(2)9-11/h5-9H,4H2,1-3H3. The summed E-state index contributed by atoms with van der Waals surface area (Å²) < 4.78 is 9.80. The van der Waals surface area contributed by atoms with E-state index in [1.54, 1.807) is 32.2 Å². The van der Waals surface area contributed by atoms with Crippen molar-refractivity contribution in [2.24, 2.45) is 0 Å². The molecule has 1 aromatic rings. The van der Waals surface area contributed by atoms with Crippen LogP contribution in [0.15, 0.2) is 30.4 Å². The van der Waals surface area contributed by atoms with Crippen LogP contribution in [0, 0.1) is 6.92 Å². The number of benzene rings is 1. The molecule has 0 unspecified atom stereocenters. The van der Waals surface area contributed by atoms with Gasteiger partial charge in [-0.2, -0.15) is 0 Å². The Kier molecular flexibility index (Phi) is 5.11. The molecule has 0 amide bonds. The van der Waals surface area contributed by atoms with Gasteiger partial charge >= 0.3 is 5.97 Å². The summed E-state index contributed by atoms with van der Waals surface area (Å²) in [6.07, 6.45) is 2.34. The Balaban J connectivity index is 2.79. The molecule has 18 heavy (non-hydrogen) atoms. The molecule has 0 heterocycles. The van der Waals surface area contributed by atoms with E-state index in [0.29, 0.717) is 12.2 Å². The molecule has 96 valence electrons. The molecule has 0 saturated heterocycles. The van der Waals surface area contributed by atoms with Crippen LogP contribution in [0.3, 0.4) is 0 Å². The number of hydrogen-bond acceptors (Lipinski definition) is 4. The molecule has 0 N–H and O–H groups in total. The third-order valence-corrected chi connectivity index (χ3v) is 2.34. The molecule has 0 aliphatic heterocycles. The van der Waals surface area contributed by atoms with E-state index in [9.17, 15) is 9.59 Å². The largest absolute Gasteiger partial charge is 0.496 e. The minimum Gasteiger partial charge on any atom is -0.496 e. The fourth-order valence-corrected chi connectivity index (χ4v) is 1.46. The lowest BCUT2D eigenvalue weighted by Gasteiger charge is -2.05. The van der Waals surface area contributed by atoms with E-state index in [0.717, 1.165) is 17.4 Å². The number of ketones is 1. The molecule has 0 atom stereocenters. The van der Waals surface area contributed by atoms with Crippen LogP contribution in [-0.4, -0.2) is 25.5 Å². The van der Waals surface area contributed by atoms with Gasteiger partial charge in [-0.05, 0) is 43.7 Å². The molecule has 0 aliphatic rings. The Morgan fingerprint density at radius 3 is 2.56 bits per heavy atom. The average molecular weight is 248 g/mol. The van der Waals surface area contributed by atoms with Crippen molar-refractivity contribution in [3.05, 3.63) is 41.5 Å². The monoisotopic (exact) mass is 248 g/mol. The molecule has 0 aromatic heterocycles. The van der Waals surface area contributed by atoms with Gasteiger partial charge in [-0.15, -0.1) is 0 Å². The van der Waals surface area contributed by atoms with Crippen molar-refractivity contribution in [1.82, 2.24) is 0 Å². The highest BCUT2D eigenvalue weighted by atomic mass is 16.5. The first-order valence-corrected chi connectivity index (χ1v) is 5.62. The number of aryl methyl sites for hydroxylation is 1. The number of allylic oxidation sites excluding steroid dienone is 1. The van der Waals surface area contributed by atoms with Gasteiger partial charge in [0.05, 0.1) is 13.7 Å². The molecular formula is C14H16O4. The van der Waals surface area contributed by atoms with Crippen LogP contribution in [-0.2, 0) is 9.53 Å². The lowest BCUT2D eigenvalue weighted by Crippen LogP contribution is -2.02. The lowest BCUT2D eigenvalue weighted by atomic mass is 10.1. The van der Waals surface area contributed by atoms with Crippen LogP contribution in [0.25, 0.3) is 0 Å². The molecule has 4 heteroatoms. The molecule has 0 aliphatic carbocycles. The molecule has 0 bridgehead atoms. The number of ether oxygens (including phenoxy) is 2. The van der Waals surface area contributed by atoms with Crippen molar-refractivity contribution in [2.45, 2.75) is 13.8 Å². The quantitative estimate of drug-likeness (QED) is 0.456. The van der Waals surface area contributed by atoms with E-state index >= 15 is 0 Å². The fourth-order valence-electron chi connectivity index (χ4n) is 1.46. The Bertz CT molecular complexity index is 475. The Labute approximate surface area is 106 Å². The summed E-state index contributed by atoms with van der Waals surface area (Å²) in [5.74, 6) is -0.0363. The zero-order chi connectivity index (χ0) is 13.5. The van der Waals surface area contributed by atoms with E-state index < -0.39 is 5.97 Å². The highest BCUT2D eigenvalue weighted by Crippen LogP contribution is 2.18. The Morgan fingerprint density at radius 1 is 1.28 bits per heavy atom. The molecule has 0 saturated carbocycles. The number of methoxy groups -OCH3 is 1. The smallest absolute Gasteiger partial charge is 0.330 e. The SMILES string of the molecule is CCOC(=O)C=CC(=O)c1ccc(OC)c(C)c1. The second kappa shape index (κ2) is 6.59. The highest BCUT2D eigenvalue weighted by molar-refractivity contribution is 6.07. The molecule has 1 aromatic carbocycles. The predicted octanol–water partition coefficient (Wildman–Crippen LogP) is 2.31. The molecule has 1 rings (SSSR count). The van der Waals surface area contributed by atoms with Crippen LogP contribution < -0.4 is 4.74 Å². The van der Waals surface area contributed by atoms with E-state index in [1.165, 1.54) is 6.08 Å². The zero-order valence-corrected chi connectivity index (χ0v) is 10.7. The van der Waals surface area contributed by atoms with Crippen molar-refractivity contribution in [1.29, 1.82) is 0 Å². The number of hydrogen-bond donors (Lipinski definition) is 0. The molecule has 4 nitrogen and oxygen atoms in total. The number of carbonyl (C=O) groups is 2. The number of esters is 1. The topological polar surface area (TPSA) is 52.6 Å². The number of rotatable bonds is 5. The van der Waals surface area contributed by atoms with Crippen LogP contribution in [0.4, 0.5) is 0 Å². The highest BCUT2D eigenvalue weighted by Gasteiger charge is 2.06. The van der Waals surface area contributed by atoms with E-state index in [1.807, 2.05) is 6.92 Å². The molecule has 0 radical (unpaired) electrons. The van der Waals surface area contributed by atoms with Crippen molar-refractivity contribution in [2.75, 3.05) is 13.7 Å². The van der Waals surface area contributed by atoms with Gasteiger partial charge in [0, 0.05) is 11.6 Å². The van der Waals surface area contributed by atoms with Crippen molar-refractivity contribution < 1.29 is 19.1 Å². The summed E-state index contributed by atoms with van der Waals surface area (Å²) in [6.45, 7) is 3.85. The Morgan fingerprint density at radius 2 is 2.00 bits per heavy atom. The van der Waals surface area contributed by atoms with Crippen LogP contribution >= 0.6 is 0 Å². The van der Waals surface area contributed by atoms with E-state index in [-0.39, 0.29) is 5.78 Å². The van der Waals surface area contributed by atoms with Crippen LogP contribution in [0.1, 0.15) is 22.8 Å². The minimum absolute atomic E-state index is 0.242. The number of carbonyl (C=O) groups excluding carboxylic acids is 2. The Hall–Kier alpha value is -2.10. The zero-order valence-electron chi connectivity index (χ0n) is 10.7. The first-order valence-electron chi connectivity index (χ1n) is 5.62. The molecule has 0 spiro atoms. The first kappa shape index (κ1) is 14.0. The molecular weight excluding hydrogens is 232 g/mol. The van der Waals surface area contributed by atoms with Gasteiger partial charge in [0.1, 0.15) is 5.75 Å². The summed E-state index contributed by atoms with van der Waals surface area (Å²) in [5, 5.41) is 0. The lowest BCUT2D eigenvalue weighted by molar-refractivity contribution is -0.137. The van der Waals surface area contributed by atoms with Gasteiger partial charge in [0.2, 0.25) is 0 Å². The molecule has 0 fully saturated rings. The maximum atomic E-state index is 11.8. The summed E-state index contributed by atoms with van der Waals surface area (Å²) in [6, 6.07) is 5.10. The van der Waals surface area contributed by atoms with Crippen molar-refractivity contribution >= 4 is 11.8 Å². The maximum absolute atomic E-state index is 11.8. The van der Waals surface area contributed by atoms with E-state index in [4.69, 9.17) is 9.47 Å². The first-order chi connectivity index (χ1) is 8.58. The van der Waals surface area contributed by atoms with Gasteiger partial charge in [-0.3, -0.25) is 4.79 Å².